The lowest BCUT2D eigenvalue weighted by molar-refractivity contribution is 0.340. The van der Waals surface area contributed by atoms with Crippen molar-refractivity contribution >= 4 is 39.3 Å². The van der Waals surface area contributed by atoms with Gasteiger partial charge in [0.05, 0.1) is 12.3 Å². The van der Waals surface area contributed by atoms with Crippen molar-refractivity contribution in [1.82, 2.24) is 5.43 Å². The SMILES string of the molecule is CCOc1ccc(N=C2NN=C(c3cc4ccccc4o3)CS2)cc1. The molecule has 1 aliphatic rings. The molecule has 2 aromatic carbocycles. The second-order valence-corrected chi connectivity index (χ2v) is 6.42. The molecule has 126 valence electrons. The average Bonchev–Trinajstić information content (AvgIpc) is 3.08. The zero-order valence-electron chi connectivity index (χ0n) is 13.7. The van der Waals surface area contributed by atoms with Crippen LogP contribution < -0.4 is 10.2 Å². The molecule has 2 heterocycles. The summed E-state index contributed by atoms with van der Waals surface area (Å²) in [6.07, 6.45) is 0. The number of para-hydroxylation sites is 1. The van der Waals surface area contributed by atoms with Crippen molar-refractivity contribution in [3.63, 3.8) is 0 Å². The fraction of sp³-hybridized carbons (Fsp3) is 0.158. The van der Waals surface area contributed by atoms with E-state index in [4.69, 9.17) is 9.15 Å². The van der Waals surface area contributed by atoms with Crippen LogP contribution in [-0.4, -0.2) is 23.2 Å². The minimum absolute atomic E-state index is 0.657. The molecule has 1 N–H and O–H groups in total. The van der Waals surface area contributed by atoms with Crippen molar-refractivity contribution in [3.05, 3.63) is 60.4 Å². The van der Waals surface area contributed by atoms with Gasteiger partial charge in [-0.1, -0.05) is 30.0 Å². The van der Waals surface area contributed by atoms with Crippen molar-refractivity contribution in [1.29, 1.82) is 0 Å². The first kappa shape index (κ1) is 15.8. The molecule has 0 radical (unpaired) electrons. The van der Waals surface area contributed by atoms with E-state index in [9.17, 15) is 0 Å². The fourth-order valence-electron chi connectivity index (χ4n) is 2.52. The third-order valence-corrected chi connectivity index (χ3v) is 4.59. The van der Waals surface area contributed by atoms with Crippen LogP contribution >= 0.6 is 11.8 Å². The third kappa shape index (κ3) is 3.53. The molecule has 5 nitrogen and oxygen atoms in total. The molecule has 0 atom stereocenters. The first-order valence-corrected chi connectivity index (χ1v) is 9.06. The molecule has 1 aliphatic heterocycles. The Hall–Kier alpha value is -2.73. The van der Waals surface area contributed by atoms with Crippen molar-refractivity contribution < 1.29 is 9.15 Å². The van der Waals surface area contributed by atoms with E-state index in [2.05, 4.69) is 15.5 Å². The van der Waals surface area contributed by atoms with Crippen LogP contribution in [0, 0.1) is 0 Å². The van der Waals surface area contributed by atoms with Crippen LogP contribution in [0.1, 0.15) is 12.7 Å². The molecule has 0 amide bonds. The van der Waals surface area contributed by atoms with Crippen molar-refractivity contribution in [2.45, 2.75) is 6.92 Å². The highest BCUT2D eigenvalue weighted by Gasteiger charge is 2.16. The molecule has 3 aromatic rings. The molecule has 0 saturated carbocycles. The lowest BCUT2D eigenvalue weighted by Crippen LogP contribution is -2.24. The lowest BCUT2D eigenvalue weighted by Gasteiger charge is -2.13. The third-order valence-electron chi connectivity index (χ3n) is 3.72. The van der Waals surface area contributed by atoms with Gasteiger partial charge in [0.25, 0.3) is 0 Å². The number of nitrogens with one attached hydrogen (secondary N) is 1. The summed E-state index contributed by atoms with van der Waals surface area (Å²) in [6, 6.07) is 17.7. The van der Waals surface area contributed by atoms with E-state index in [1.807, 2.05) is 61.5 Å². The average molecular weight is 351 g/mol. The van der Waals surface area contributed by atoms with Crippen LogP contribution in [0.25, 0.3) is 11.0 Å². The predicted octanol–water partition coefficient (Wildman–Crippen LogP) is 4.56. The van der Waals surface area contributed by atoms with Crippen LogP contribution in [0.2, 0.25) is 0 Å². The minimum atomic E-state index is 0.657. The highest BCUT2D eigenvalue weighted by molar-refractivity contribution is 8.14. The Labute approximate surface area is 149 Å². The largest absolute Gasteiger partial charge is 0.494 e. The van der Waals surface area contributed by atoms with Gasteiger partial charge in [-0.15, -0.1) is 0 Å². The number of furan rings is 1. The lowest BCUT2D eigenvalue weighted by atomic mass is 10.2. The van der Waals surface area contributed by atoms with Gasteiger partial charge < -0.3 is 9.15 Å². The zero-order chi connectivity index (χ0) is 17.1. The Morgan fingerprint density at radius 1 is 1.20 bits per heavy atom. The van der Waals surface area contributed by atoms with E-state index >= 15 is 0 Å². The highest BCUT2D eigenvalue weighted by atomic mass is 32.2. The van der Waals surface area contributed by atoms with Crippen LogP contribution in [0.3, 0.4) is 0 Å². The second-order valence-electron chi connectivity index (χ2n) is 5.45. The summed E-state index contributed by atoms with van der Waals surface area (Å²) in [4.78, 5) is 4.57. The number of hydrogen-bond acceptors (Lipinski definition) is 5. The Morgan fingerprint density at radius 2 is 2.04 bits per heavy atom. The van der Waals surface area contributed by atoms with Crippen molar-refractivity contribution in [2.24, 2.45) is 10.1 Å². The first-order chi connectivity index (χ1) is 12.3. The molecule has 0 saturated heterocycles. The molecule has 1 aromatic heterocycles. The number of aliphatic imine (C=N–C) groups is 1. The van der Waals surface area contributed by atoms with E-state index in [1.165, 1.54) is 0 Å². The van der Waals surface area contributed by atoms with Gasteiger partial charge >= 0.3 is 0 Å². The van der Waals surface area contributed by atoms with Crippen LogP contribution in [0.4, 0.5) is 5.69 Å². The summed E-state index contributed by atoms with van der Waals surface area (Å²) < 4.78 is 11.3. The summed E-state index contributed by atoms with van der Waals surface area (Å²) >= 11 is 1.60. The van der Waals surface area contributed by atoms with Crippen LogP contribution in [0.15, 0.2) is 69.1 Å². The van der Waals surface area contributed by atoms with Crippen molar-refractivity contribution in [2.75, 3.05) is 12.4 Å². The zero-order valence-corrected chi connectivity index (χ0v) is 14.5. The van der Waals surface area contributed by atoms with E-state index in [1.54, 1.807) is 11.8 Å². The summed E-state index contributed by atoms with van der Waals surface area (Å²) in [7, 11) is 0. The van der Waals surface area contributed by atoms with Gasteiger partial charge in [0, 0.05) is 11.1 Å². The predicted molar refractivity (Wildman–Crippen MR) is 103 cm³/mol. The molecular weight excluding hydrogens is 334 g/mol. The van der Waals surface area contributed by atoms with Gasteiger partial charge in [-0.2, -0.15) is 5.10 Å². The van der Waals surface area contributed by atoms with Gasteiger partial charge in [0.2, 0.25) is 0 Å². The molecule has 0 unspecified atom stereocenters. The number of benzene rings is 2. The van der Waals surface area contributed by atoms with Gasteiger partial charge in [0.15, 0.2) is 10.9 Å². The molecule has 0 aliphatic carbocycles. The smallest absolute Gasteiger partial charge is 0.182 e. The van der Waals surface area contributed by atoms with E-state index in [-0.39, 0.29) is 0 Å². The standard InChI is InChI=1S/C19H17N3O2S/c1-2-23-15-9-7-14(8-10-15)20-19-22-21-16(12-25-19)18-11-13-5-3-4-6-17(13)24-18/h3-11H,2,12H2,1H3,(H,20,22). The number of hydrogen-bond donors (Lipinski definition) is 1. The second kappa shape index (κ2) is 7.03. The molecule has 4 rings (SSSR count). The molecule has 6 heteroatoms. The molecule has 25 heavy (non-hydrogen) atoms. The number of fused-ring (bicyclic) bond motifs is 1. The Kier molecular flexibility index (Phi) is 4.43. The quantitative estimate of drug-likeness (QED) is 0.748. The first-order valence-electron chi connectivity index (χ1n) is 8.08. The maximum Gasteiger partial charge on any atom is 0.182 e. The number of thioether (sulfide) groups is 1. The highest BCUT2D eigenvalue weighted by Crippen LogP contribution is 2.24. The summed E-state index contributed by atoms with van der Waals surface area (Å²) in [5.41, 5.74) is 5.63. The Balaban J connectivity index is 1.49. The summed E-state index contributed by atoms with van der Waals surface area (Å²) in [6.45, 7) is 2.62. The molecule has 0 bridgehead atoms. The number of ether oxygens (including phenoxy) is 1. The Bertz CT molecular complexity index is 912. The monoisotopic (exact) mass is 351 g/mol. The van der Waals surface area contributed by atoms with Gasteiger partial charge in [-0.05, 0) is 43.3 Å². The topological polar surface area (TPSA) is 59.1 Å². The number of hydrazone groups is 1. The maximum atomic E-state index is 5.86. The number of rotatable bonds is 4. The fourth-order valence-corrected chi connectivity index (χ4v) is 3.29. The van der Waals surface area contributed by atoms with Gasteiger partial charge in [-0.3, -0.25) is 5.43 Å². The molecule has 0 fully saturated rings. The minimum Gasteiger partial charge on any atom is -0.494 e. The van der Waals surface area contributed by atoms with E-state index in [0.717, 1.165) is 39.0 Å². The number of nitrogens with zero attached hydrogens (tertiary/aromatic N) is 2. The molecular formula is C19H17N3O2S. The maximum absolute atomic E-state index is 5.86. The Morgan fingerprint density at radius 3 is 2.76 bits per heavy atom. The number of amidine groups is 1. The van der Waals surface area contributed by atoms with Crippen LogP contribution in [0.5, 0.6) is 5.75 Å². The summed E-state index contributed by atoms with van der Waals surface area (Å²) in [5, 5.41) is 6.27. The van der Waals surface area contributed by atoms with Crippen LogP contribution in [-0.2, 0) is 0 Å². The summed E-state index contributed by atoms with van der Waals surface area (Å²) in [5.74, 6) is 2.35. The van der Waals surface area contributed by atoms with Gasteiger partial charge in [-0.25, -0.2) is 4.99 Å². The van der Waals surface area contributed by atoms with Gasteiger partial charge in [0.1, 0.15) is 17.0 Å². The molecule has 0 spiro atoms. The van der Waals surface area contributed by atoms with E-state index < -0.39 is 0 Å². The van der Waals surface area contributed by atoms with Crippen molar-refractivity contribution in [3.8, 4) is 5.75 Å². The van der Waals surface area contributed by atoms with E-state index in [0.29, 0.717) is 12.4 Å². The normalized spacial score (nSPS) is 15.9.